The van der Waals surface area contributed by atoms with Crippen LogP contribution in [0.1, 0.15) is 33.2 Å². The van der Waals surface area contributed by atoms with E-state index in [2.05, 4.69) is 9.98 Å². The lowest BCUT2D eigenvalue weighted by Gasteiger charge is -2.22. The van der Waals surface area contributed by atoms with Crippen molar-refractivity contribution < 1.29 is 32.5 Å². The van der Waals surface area contributed by atoms with Crippen LogP contribution in [0.3, 0.4) is 0 Å². The molecule has 1 unspecified atom stereocenters. The Morgan fingerprint density at radius 2 is 1.76 bits per heavy atom. The first kappa shape index (κ1) is 33.1. The summed E-state index contributed by atoms with van der Waals surface area (Å²) in [6, 6.07) is 28.0. The summed E-state index contributed by atoms with van der Waals surface area (Å²) in [7, 11) is 3.18. The van der Waals surface area contributed by atoms with Gasteiger partial charge in [-0.2, -0.15) is 9.65 Å². The van der Waals surface area contributed by atoms with Crippen molar-refractivity contribution in [2.24, 2.45) is 4.99 Å². The molecule has 9 nitrogen and oxygen atoms in total. The monoisotopic (exact) mass is 678 g/mol. The normalized spacial score (nSPS) is 13.9. The van der Waals surface area contributed by atoms with Crippen LogP contribution in [-0.2, 0) is 11.3 Å². The molecule has 0 N–H and O–H groups in total. The molecule has 0 radical (unpaired) electrons. The molecule has 1 aliphatic heterocycles. The summed E-state index contributed by atoms with van der Waals surface area (Å²) >= 11 is 1.32. The molecule has 0 saturated carbocycles. The lowest BCUT2D eigenvalue weighted by Crippen LogP contribution is -2.19. The third-order valence-electron chi connectivity index (χ3n) is 7.44. The molecule has 246 valence electrons. The lowest BCUT2D eigenvalue weighted by molar-refractivity contribution is 0.0596. The number of hydrogen-bond acceptors (Lipinski definition) is 10. The van der Waals surface area contributed by atoms with Crippen LogP contribution in [0.25, 0.3) is 0 Å². The van der Waals surface area contributed by atoms with Crippen molar-refractivity contribution in [2.75, 3.05) is 20.7 Å². The van der Waals surface area contributed by atoms with E-state index in [9.17, 15) is 10.1 Å². The molecule has 0 aliphatic carbocycles. The van der Waals surface area contributed by atoms with Crippen molar-refractivity contribution in [3.05, 3.63) is 131 Å². The Bertz CT molecular complexity index is 2070. The van der Waals surface area contributed by atoms with E-state index in [-0.39, 0.29) is 29.4 Å². The molecule has 4 aromatic carbocycles. The van der Waals surface area contributed by atoms with E-state index >= 15 is 8.78 Å². The van der Waals surface area contributed by atoms with Crippen molar-refractivity contribution in [3.8, 4) is 34.9 Å². The highest BCUT2D eigenvalue weighted by molar-refractivity contribution is 7.99. The Morgan fingerprint density at radius 3 is 2.51 bits per heavy atom. The first-order valence-corrected chi connectivity index (χ1v) is 15.8. The minimum absolute atomic E-state index is 0.00941. The SMILES string of the molecule is COC(=O)c1ccccc1Sc1ccc(Oc2c(F)cnc(Oc3cc(C#N)ccc3OCc3ccccc3)c2F)c(C2N=CCN2C)c1. The Balaban J connectivity index is 1.32. The molecule has 49 heavy (non-hydrogen) atoms. The second-order valence-corrected chi connectivity index (χ2v) is 11.9. The number of pyridine rings is 1. The van der Waals surface area contributed by atoms with Gasteiger partial charge in [-0.15, -0.1) is 0 Å². The molecule has 2 heterocycles. The minimum atomic E-state index is -1.20. The standard InChI is InChI=1S/C37H28F2N4O5S/c1-43-17-16-41-35(43)27-19-25(49-32-11-7-6-10-26(32)37(44)45-2)13-15-29(27)47-34-28(38)21-42-36(33(34)39)48-31-18-24(20-40)12-14-30(31)46-22-23-8-4-3-5-9-23/h3-16,18-19,21,35H,17,22H2,1-2H3. The second-order valence-electron chi connectivity index (χ2n) is 10.7. The van der Waals surface area contributed by atoms with E-state index in [0.717, 1.165) is 16.7 Å². The largest absolute Gasteiger partial charge is 0.485 e. The smallest absolute Gasteiger partial charge is 0.339 e. The van der Waals surface area contributed by atoms with Gasteiger partial charge in [0.25, 0.3) is 5.88 Å². The number of benzene rings is 4. The van der Waals surface area contributed by atoms with E-state index in [0.29, 0.717) is 22.6 Å². The minimum Gasteiger partial charge on any atom is -0.485 e. The average Bonchev–Trinajstić information content (AvgIpc) is 3.56. The average molecular weight is 679 g/mol. The highest BCUT2D eigenvalue weighted by Gasteiger charge is 2.27. The van der Waals surface area contributed by atoms with Crippen LogP contribution in [-0.4, -0.2) is 42.8 Å². The summed E-state index contributed by atoms with van der Waals surface area (Å²) < 4.78 is 53.8. The van der Waals surface area contributed by atoms with Crippen molar-refractivity contribution in [1.29, 1.82) is 5.26 Å². The van der Waals surface area contributed by atoms with Crippen molar-refractivity contribution in [3.63, 3.8) is 0 Å². The van der Waals surface area contributed by atoms with Crippen molar-refractivity contribution >= 4 is 23.9 Å². The summed E-state index contributed by atoms with van der Waals surface area (Å²) in [4.78, 5) is 24.1. The molecule has 0 saturated heterocycles. The summed E-state index contributed by atoms with van der Waals surface area (Å²) in [5.74, 6) is -3.67. The fourth-order valence-electron chi connectivity index (χ4n) is 4.98. The number of halogens is 2. The molecule has 0 fully saturated rings. The topological polar surface area (TPSA) is 106 Å². The highest BCUT2D eigenvalue weighted by Crippen LogP contribution is 2.42. The van der Waals surface area contributed by atoms with E-state index in [1.165, 1.54) is 37.1 Å². The van der Waals surface area contributed by atoms with Gasteiger partial charge < -0.3 is 18.9 Å². The maximum Gasteiger partial charge on any atom is 0.339 e. The van der Waals surface area contributed by atoms with E-state index in [1.807, 2.05) is 54.4 Å². The van der Waals surface area contributed by atoms with Gasteiger partial charge in [0, 0.05) is 34.2 Å². The van der Waals surface area contributed by atoms with Gasteiger partial charge in [0.2, 0.25) is 11.6 Å². The Hall–Kier alpha value is -5.77. The first-order valence-electron chi connectivity index (χ1n) is 15.0. The maximum absolute atomic E-state index is 16.0. The highest BCUT2D eigenvalue weighted by atomic mass is 32.2. The number of carbonyl (C=O) groups is 1. The Kier molecular flexibility index (Phi) is 10.1. The molecule has 1 aliphatic rings. The fourth-order valence-corrected chi connectivity index (χ4v) is 5.96. The number of hydrogen-bond donors (Lipinski definition) is 0. The van der Waals surface area contributed by atoms with Gasteiger partial charge in [-0.25, -0.2) is 14.2 Å². The number of rotatable bonds is 11. The molecule has 0 bridgehead atoms. The van der Waals surface area contributed by atoms with E-state index in [1.54, 1.807) is 42.6 Å². The lowest BCUT2D eigenvalue weighted by atomic mass is 10.1. The predicted molar refractivity (Wildman–Crippen MR) is 178 cm³/mol. The van der Waals surface area contributed by atoms with Gasteiger partial charge in [0.15, 0.2) is 17.3 Å². The van der Waals surface area contributed by atoms with Crippen LogP contribution in [0.5, 0.6) is 28.9 Å². The number of nitriles is 1. The van der Waals surface area contributed by atoms with E-state index < -0.39 is 35.4 Å². The fraction of sp³-hybridized carbons (Fsp3) is 0.135. The summed E-state index contributed by atoms with van der Waals surface area (Å²) in [5, 5.41) is 9.47. The predicted octanol–water partition coefficient (Wildman–Crippen LogP) is 8.35. The molecule has 6 rings (SSSR count). The van der Waals surface area contributed by atoms with Crippen molar-refractivity contribution in [1.82, 2.24) is 9.88 Å². The number of nitrogens with zero attached hydrogens (tertiary/aromatic N) is 4. The zero-order chi connectivity index (χ0) is 34.3. The number of methoxy groups -OCH3 is 1. The zero-order valence-electron chi connectivity index (χ0n) is 26.3. The molecule has 1 atom stereocenters. The van der Waals surface area contributed by atoms with Gasteiger partial charge in [-0.05, 0) is 55.1 Å². The second kappa shape index (κ2) is 15.0. The molecular formula is C37H28F2N4O5S. The number of ether oxygens (including phenoxy) is 4. The van der Waals surface area contributed by atoms with Crippen molar-refractivity contribution in [2.45, 2.75) is 22.6 Å². The zero-order valence-corrected chi connectivity index (χ0v) is 27.1. The van der Waals surface area contributed by atoms with Gasteiger partial charge in [0.05, 0.1) is 30.5 Å². The van der Waals surface area contributed by atoms with E-state index in [4.69, 9.17) is 18.9 Å². The van der Waals surface area contributed by atoms with Gasteiger partial charge in [0.1, 0.15) is 18.5 Å². The molecule has 0 spiro atoms. The van der Waals surface area contributed by atoms with Gasteiger partial charge in [-0.3, -0.25) is 9.89 Å². The molecule has 12 heteroatoms. The third kappa shape index (κ3) is 7.54. The quantitative estimate of drug-likeness (QED) is 0.127. The van der Waals surface area contributed by atoms with Crippen LogP contribution in [0.2, 0.25) is 0 Å². The molecule has 0 amide bonds. The molecular weight excluding hydrogens is 650 g/mol. The molecule has 5 aromatic rings. The Labute approximate surface area is 285 Å². The third-order valence-corrected chi connectivity index (χ3v) is 8.51. The van der Waals surface area contributed by atoms with Crippen LogP contribution in [0.15, 0.2) is 112 Å². The van der Waals surface area contributed by atoms with Crippen LogP contribution in [0, 0.1) is 23.0 Å². The van der Waals surface area contributed by atoms with Crippen LogP contribution in [0.4, 0.5) is 8.78 Å². The number of carbonyl (C=O) groups excluding carboxylic acids is 1. The number of esters is 1. The Morgan fingerprint density at radius 1 is 0.980 bits per heavy atom. The van der Waals surface area contributed by atoms with Gasteiger partial charge >= 0.3 is 5.97 Å². The van der Waals surface area contributed by atoms with Crippen LogP contribution >= 0.6 is 11.8 Å². The van der Waals surface area contributed by atoms with Gasteiger partial charge in [-0.1, -0.05) is 54.2 Å². The first-order chi connectivity index (χ1) is 23.8. The number of aromatic nitrogens is 1. The molecule has 1 aromatic heterocycles. The summed E-state index contributed by atoms with van der Waals surface area (Å²) in [5.41, 5.74) is 2.05. The maximum atomic E-state index is 16.0. The summed E-state index contributed by atoms with van der Waals surface area (Å²) in [6.07, 6.45) is 2.03. The van der Waals surface area contributed by atoms with Crippen LogP contribution < -0.4 is 14.2 Å². The number of aliphatic imine (C=N–C) groups is 1. The summed E-state index contributed by atoms with van der Waals surface area (Å²) in [6.45, 7) is 0.735.